The molecule has 5 nitrogen and oxygen atoms in total. The van der Waals surface area contributed by atoms with Gasteiger partial charge in [0.2, 0.25) is 0 Å². The van der Waals surface area contributed by atoms with Crippen LogP contribution in [0.25, 0.3) is 0 Å². The predicted octanol–water partition coefficient (Wildman–Crippen LogP) is 1.69. The van der Waals surface area contributed by atoms with Crippen LogP contribution in [0, 0.1) is 0 Å². The fourth-order valence-corrected chi connectivity index (χ4v) is 3.22. The molecule has 21 heavy (non-hydrogen) atoms. The molecule has 0 spiro atoms. The van der Waals surface area contributed by atoms with Crippen LogP contribution < -0.4 is 15.8 Å². The summed E-state index contributed by atoms with van der Waals surface area (Å²) in [6.45, 7) is 4.26. The highest BCUT2D eigenvalue weighted by Crippen LogP contribution is 2.16. The summed E-state index contributed by atoms with van der Waals surface area (Å²) in [5.74, 6) is 0. The van der Waals surface area contributed by atoms with Crippen molar-refractivity contribution in [1.82, 2.24) is 15.1 Å². The Balaban J connectivity index is 1.52. The van der Waals surface area contributed by atoms with Gasteiger partial charge in [0.15, 0.2) is 0 Å². The zero-order chi connectivity index (χ0) is 14.5. The van der Waals surface area contributed by atoms with E-state index in [-0.39, 0.29) is 5.56 Å². The number of nitrogens with one attached hydrogen (secondary N) is 1. The molecule has 3 heterocycles. The predicted molar refractivity (Wildman–Crippen MR) is 86.0 cm³/mol. The molecule has 1 N–H and O–H groups in total. The van der Waals surface area contributed by atoms with Gasteiger partial charge in [-0.1, -0.05) is 6.07 Å². The first-order chi connectivity index (χ1) is 10.3. The normalized spacial score (nSPS) is 14.8. The van der Waals surface area contributed by atoms with Crippen molar-refractivity contribution in [1.29, 1.82) is 0 Å². The van der Waals surface area contributed by atoms with Crippen LogP contribution in [0.4, 0.5) is 5.69 Å². The molecule has 0 saturated carbocycles. The van der Waals surface area contributed by atoms with Crippen molar-refractivity contribution in [3.8, 4) is 0 Å². The third-order valence-corrected chi connectivity index (χ3v) is 4.58. The zero-order valence-corrected chi connectivity index (χ0v) is 12.8. The Morgan fingerprint density at radius 2 is 2.19 bits per heavy atom. The van der Waals surface area contributed by atoms with Gasteiger partial charge in [0, 0.05) is 37.1 Å². The summed E-state index contributed by atoms with van der Waals surface area (Å²) >= 11 is 1.74. The van der Waals surface area contributed by atoms with Gasteiger partial charge in [-0.25, -0.2) is 4.68 Å². The minimum Gasteiger partial charge on any atom is -0.370 e. The average Bonchev–Trinajstić information content (AvgIpc) is 3.18. The number of rotatable bonds is 6. The highest BCUT2D eigenvalue weighted by Gasteiger charge is 2.13. The Labute approximate surface area is 128 Å². The molecule has 1 aliphatic rings. The van der Waals surface area contributed by atoms with Gasteiger partial charge in [-0.2, -0.15) is 5.10 Å². The SMILES string of the molecule is O=c1cc(N2CCCC2)cnn1CCNCc1cccs1. The smallest absolute Gasteiger partial charge is 0.268 e. The molecule has 0 aliphatic carbocycles. The second kappa shape index (κ2) is 6.87. The first kappa shape index (κ1) is 14.3. The topological polar surface area (TPSA) is 50.2 Å². The summed E-state index contributed by atoms with van der Waals surface area (Å²) in [7, 11) is 0. The maximum atomic E-state index is 12.1. The largest absolute Gasteiger partial charge is 0.370 e. The molecule has 1 fully saturated rings. The third-order valence-electron chi connectivity index (χ3n) is 3.71. The van der Waals surface area contributed by atoms with E-state index in [4.69, 9.17) is 0 Å². The molecular formula is C15H20N4OS. The van der Waals surface area contributed by atoms with E-state index in [9.17, 15) is 4.79 Å². The van der Waals surface area contributed by atoms with Crippen LogP contribution in [-0.4, -0.2) is 29.4 Å². The van der Waals surface area contributed by atoms with Crippen molar-refractivity contribution in [2.24, 2.45) is 0 Å². The lowest BCUT2D eigenvalue weighted by Gasteiger charge is -2.17. The van der Waals surface area contributed by atoms with E-state index < -0.39 is 0 Å². The number of aromatic nitrogens is 2. The van der Waals surface area contributed by atoms with Crippen LogP contribution >= 0.6 is 11.3 Å². The molecule has 0 aromatic carbocycles. The summed E-state index contributed by atoms with van der Waals surface area (Å²) in [5, 5.41) is 9.69. The molecule has 6 heteroatoms. The van der Waals surface area contributed by atoms with Gasteiger partial charge in [0.25, 0.3) is 5.56 Å². The molecule has 3 rings (SSSR count). The molecule has 0 atom stereocenters. The van der Waals surface area contributed by atoms with Crippen molar-refractivity contribution in [3.63, 3.8) is 0 Å². The van der Waals surface area contributed by atoms with E-state index in [0.29, 0.717) is 6.54 Å². The number of hydrogen-bond donors (Lipinski definition) is 1. The van der Waals surface area contributed by atoms with E-state index in [2.05, 4.69) is 26.8 Å². The number of thiophene rings is 1. The first-order valence-electron chi connectivity index (χ1n) is 7.38. The Hall–Kier alpha value is -1.66. The highest BCUT2D eigenvalue weighted by molar-refractivity contribution is 7.09. The lowest BCUT2D eigenvalue weighted by atomic mass is 10.4. The third kappa shape index (κ3) is 3.71. The molecule has 0 bridgehead atoms. The Morgan fingerprint density at radius 3 is 2.90 bits per heavy atom. The van der Waals surface area contributed by atoms with Gasteiger partial charge < -0.3 is 10.2 Å². The molecule has 112 valence electrons. The number of hydrogen-bond acceptors (Lipinski definition) is 5. The van der Waals surface area contributed by atoms with Gasteiger partial charge >= 0.3 is 0 Å². The van der Waals surface area contributed by atoms with E-state index in [1.165, 1.54) is 22.4 Å². The monoisotopic (exact) mass is 304 g/mol. The zero-order valence-electron chi connectivity index (χ0n) is 12.0. The summed E-state index contributed by atoms with van der Waals surface area (Å²) in [5.41, 5.74) is 0.942. The summed E-state index contributed by atoms with van der Waals surface area (Å²) in [6.07, 6.45) is 4.22. The van der Waals surface area contributed by atoms with E-state index in [1.54, 1.807) is 17.4 Å². The van der Waals surface area contributed by atoms with Crippen LogP contribution in [0.5, 0.6) is 0 Å². The maximum absolute atomic E-state index is 12.1. The van der Waals surface area contributed by atoms with Crippen molar-refractivity contribution >= 4 is 17.0 Å². The first-order valence-corrected chi connectivity index (χ1v) is 8.26. The van der Waals surface area contributed by atoms with E-state index in [1.807, 2.05) is 12.3 Å². The lowest BCUT2D eigenvalue weighted by molar-refractivity contribution is 0.533. The van der Waals surface area contributed by atoms with Crippen molar-refractivity contribution in [3.05, 3.63) is 45.0 Å². The summed E-state index contributed by atoms with van der Waals surface area (Å²) in [4.78, 5) is 15.6. The molecule has 2 aromatic heterocycles. The maximum Gasteiger partial charge on any atom is 0.268 e. The lowest BCUT2D eigenvalue weighted by Crippen LogP contribution is -2.29. The second-order valence-corrected chi connectivity index (χ2v) is 6.26. The molecular weight excluding hydrogens is 284 g/mol. The van der Waals surface area contributed by atoms with E-state index in [0.717, 1.165) is 31.9 Å². The quantitative estimate of drug-likeness (QED) is 0.825. The van der Waals surface area contributed by atoms with Gasteiger partial charge in [-0.05, 0) is 24.3 Å². The van der Waals surface area contributed by atoms with Gasteiger partial charge in [0.1, 0.15) is 0 Å². The van der Waals surface area contributed by atoms with Crippen molar-refractivity contribution < 1.29 is 0 Å². The van der Waals surface area contributed by atoms with Crippen molar-refractivity contribution in [2.45, 2.75) is 25.9 Å². The van der Waals surface area contributed by atoms with Crippen LogP contribution in [0.15, 0.2) is 34.6 Å². The molecule has 1 aliphatic heterocycles. The van der Waals surface area contributed by atoms with Gasteiger partial charge in [-0.15, -0.1) is 11.3 Å². The van der Waals surface area contributed by atoms with Gasteiger partial charge in [0.05, 0.1) is 18.4 Å². The highest BCUT2D eigenvalue weighted by atomic mass is 32.1. The molecule has 0 radical (unpaired) electrons. The Morgan fingerprint density at radius 1 is 1.33 bits per heavy atom. The number of nitrogens with zero attached hydrogens (tertiary/aromatic N) is 3. The Bertz CT molecular complexity index is 617. The summed E-state index contributed by atoms with van der Waals surface area (Å²) in [6, 6.07) is 5.86. The van der Waals surface area contributed by atoms with Crippen molar-refractivity contribution in [2.75, 3.05) is 24.5 Å². The van der Waals surface area contributed by atoms with Crippen LogP contribution in [0.2, 0.25) is 0 Å². The van der Waals surface area contributed by atoms with Crippen LogP contribution in [0.3, 0.4) is 0 Å². The molecule has 0 amide bonds. The minimum absolute atomic E-state index is 0.0164. The molecule has 1 saturated heterocycles. The summed E-state index contributed by atoms with van der Waals surface area (Å²) < 4.78 is 1.53. The minimum atomic E-state index is -0.0164. The standard InChI is InChI=1S/C15H20N4OS/c20-15-10-13(18-6-1-2-7-18)11-17-19(15)8-5-16-12-14-4-3-9-21-14/h3-4,9-11,16H,1-2,5-8,12H2. The fraction of sp³-hybridized carbons (Fsp3) is 0.467. The fourth-order valence-electron chi connectivity index (χ4n) is 2.55. The number of anilines is 1. The van der Waals surface area contributed by atoms with E-state index >= 15 is 0 Å². The average molecular weight is 304 g/mol. The van der Waals surface area contributed by atoms with Crippen LogP contribution in [-0.2, 0) is 13.1 Å². The molecule has 0 unspecified atom stereocenters. The second-order valence-electron chi connectivity index (χ2n) is 5.23. The molecule has 2 aromatic rings. The van der Waals surface area contributed by atoms with Gasteiger partial charge in [-0.3, -0.25) is 4.79 Å². The Kier molecular flexibility index (Phi) is 4.67. The van der Waals surface area contributed by atoms with Crippen LogP contribution in [0.1, 0.15) is 17.7 Å².